The minimum atomic E-state index is 0.654. The van der Waals surface area contributed by atoms with Gasteiger partial charge in [0.05, 0.1) is 5.71 Å². The second-order valence-corrected chi connectivity index (χ2v) is 3.81. The lowest BCUT2D eigenvalue weighted by molar-refractivity contribution is 0.129. The van der Waals surface area contributed by atoms with E-state index in [2.05, 4.69) is 10.5 Å². The van der Waals surface area contributed by atoms with Gasteiger partial charge in [0.15, 0.2) is 0 Å². The minimum absolute atomic E-state index is 0.654. The van der Waals surface area contributed by atoms with Gasteiger partial charge in [-0.1, -0.05) is 11.6 Å². The highest BCUT2D eigenvalue weighted by atomic mass is 16.6. The molecule has 76 valence electrons. The van der Waals surface area contributed by atoms with Crippen LogP contribution in [0.5, 0.6) is 0 Å². The Morgan fingerprint density at radius 3 is 2.92 bits per heavy atom. The van der Waals surface area contributed by atoms with Crippen molar-refractivity contribution in [1.29, 1.82) is 0 Å². The molecule has 0 amide bonds. The van der Waals surface area contributed by atoms with Crippen molar-refractivity contribution in [1.82, 2.24) is 5.32 Å². The maximum absolute atomic E-state index is 5.15. The van der Waals surface area contributed by atoms with Crippen molar-refractivity contribution in [3.63, 3.8) is 0 Å². The van der Waals surface area contributed by atoms with E-state index in [1.54, 1.807) is 0 Å². The molecule has 3 nitrogen and oxygen atoms in total. The van der Waals surface area contributed by atoms with E-state index >= 15 is 0 Å². The zero-order valence-electron chi connectivity index (χ0n) is 8.68. The molecule has 1 atom stereocenters. The molecule has 0 bridgehead atoms. The highest BCUT2D eigenvalue weighted by Crippen LogP contribution is 2.09. The predicted molar refractivity (Wildman–Crippen MR) is 55.0 cm³/mol. The zero-order chi connectivity index (χ0) is 9.52. The van der Waals surface area contributed by atoms with Gasteiger partial charge in [-0.25, -0.2) is 0 Å². The van der Waals surface area contributed by atoms with Gasteiger partial charge in [-0.05, 0) is 39.7 Å². The Balaban J connectivity index is 2.01. The third-order valence-corrected chi connectivity index (χ3v) is 2.22. The first kappa shape index (κ1) is 10.5. The summed E-state index contributed by atoms with van der Waals surface area (Å²) in [7, 11) is 0. The van der Waals surface area contributed by atoms with Gasteiger partial charge in [0.2, 0.25) is 0 Å². The third-order valence-electron chi connectivity index (χ3n) is 2.22. The van der Waals surface area contributed by atoms with E-state index in [-0.39, 0.29) is 0 Å². The quantitative estimate of drug-likeness (QED) is 0.411. The summed E-state index contributed by atoms with van der Waals surface area (Å²) in [6.45, 7) is 5.79. The molecule has 0 aromatic carbocycles. The summed E-state index contributed by atoms with van der Waals surface area (Å²) in [5, 5.41) is 7.38. The molecular formula is C10H20N2O. The molecule has 13 heavy (non-hydrogen) atoms. The topological polar surface area (TPSA) is 33.6 Å². The molecule has 0 aliphatic carbocycles. The van der Waals surface area contributed by atoms with Gasteiger partial charge in [-0.15, -0.1) is 0 Å². The average Bonchev–Trinajstić information content (AvgIpc) is 2.14. The lowest BCUT2D eigenvalue weighted by atomic mass is 10.0. The van der Waals surface area contributed by atoms with Gasteiger partial charge < -0.3 is 10.2 Å². The predicted octanol–water partition coefficient (Wildman–Crippen LogP) is 1.93. The Kier molecular flexibility index (Phi) is 4.83. The van der Waals surface area contributed by atoms with Crippen molar-refractivity contribution in [3.8, 4) is 0 Å². The molecule has 1 saturated heterocycles. The van der Waals surface area contributed by atoms with E-state index in [0.717, 1.165) is 18.7 Å². The van der Waals surface area contributed by atoms with Crippen molar-refractivity contribution >= 4 is 5.71 Å². The molecule has 1 aliphatic rings. The molecule has 1 fully saturated rings. The average molecular weight is 184 g/mol. The maximum atomic E-state index is 5.15. The summed E-state index contributed by atoms with van der Waals surface area (Å²) in [4.78, 5) is 5.15. The standard InChI is InChI=1S/C10H20N2O/c1-9(2)12-13-8-6-10-5-3-4-7-11-10/h10-11H,3-8H2,1-2H3. The van der Waals surface area contributed by atoms with Gasteiger partial charge in [0, 0.05) is 6.04 Å². The molecule has 3 heteroatoms. The van der Waals surface area contributed by atoms with Crippen molar-refractivity contribution in [2.24, 2.45) is 5.16 Å². The van der Waals surface area contributed by atoms with Crippen LogP contribution in [-0.2, 0) is 4.84 Å². The smallest absolute Gasteiger partial charge is 0.118 e. The second-order valence-electron chi connectivity index (χ2n) is 3.81. The van der Waals surface area contributed by atoms with Crippen LogP contribution in [0.25, 0.3) is 0 Å². The zero-order valence-corrected chi connectivity index (χ0v) is 8.68. The number of nitrogens with one attached hydrogen (secondary N) is 1. The van der Waals surface area contributed by atoms with Gasteiger partial charge in [0.1, 0.15) is 6.61 Å². The van der Waals surface area contributed by atoms with Crippen LogP contribution in [0.2, 0.25) is 0 Å². The summed E-state index contributed by atoms with van der Waals surface area (Å²) in [6.07, 6.45) is 5.05. The summed E-state index contributed by atoms with van der Waals surface area (Å²) >= 11 is 0. The Bertz CT molecular complexity index is 158. The van der Waals surface area contributed by atoms with Gasteiger partial charge in [0.25, 0.3) is 0 Å². The first-order chi connectivity index (χ1) is 6.29. The van der Waals surface area contributed by atoms with E-state index in [4.69, 9.17) is 4.84 Å². The molecule has 0 aromatic rings. The molecule has 0 spiro atoms. The highest BCUT2D eigenvalue weighted by Gasteiger charge is 2.11. The number of oxime groups is 1. The van der Waals surface area contributed by atoms with Crippen LogP contribution in [0.4, 0.5) is 0 Å². The molecule has 1 unspecified atom stereocenters. The second kappa shape index (κ2) is 5.97. The number of piperidine rings is 1. The lowest BCUT2D eigenvalue weighted by Gasteiger charge is -2.22. The van der Waals surface area contributed by atoms with Crippen LogP contribution in [0.15, 0.2) is 5.16 Å². The Labute approximate surface area is 80.5 Å². The van der Waals surface area contributed by atoms with E-state index in [1.165, 1.54) is 25.8 Å². The Morgan fingerprint density at radius 2 is 2.31 bits per heavy atom. The fourth-order valence-electron chi connectivity index (χ4n) is 1.54. The normalized spacial score (nSPS) is 22.5. The van der Waals surface area contributed by atoms with Crippen LogP contribution < -0.4 is 5.32 Å². The molecule has 1 heterocycles. The lowest BCUT2D eigenvalue weighted by Crippen LogP contribution is -2.34. The number of rotatable bonds is 4. The van der Waals surface area contributed by atoms with Crippen molar-refractivity contribution < 1.29 is 4.84 Å². The van der Waals surface area contributed by atoms with E-state index in [1.807, 2.05) is 13.8 Å². The van der Waals surface area contributed by atoms with Crippen molar-refractivity contribution in [2.75, 3.05) is 13.2 Å². The first-order valence-corrected chi connectivity index (χ1v) is 5.15. The first-order valence-electron chi connectivity index (χ1n) is 5.15. The summed E-state index contributed by atoms with van der Waals surface area (Å²) in [5.41, 5.74) is 0.983. The van der Waals surface area contributed by atoms with E-state index in [0.29, 0.717) is 6.04 Å². The van der Waals surface area contributed by atoms with Crippen LogP contribution >= 0.6 is 0 Å². The summed E-state index contributed by atoms with van der Waals surface area (Å²) in [5.74, 6) is 0. The molecule has 0 aromatic heterocycles. The summed E-state index contributed by atoms with van der Waals surface area (Å²) < 4.78 is 0. The van der Waals surface area contributed by atoms with Crippen molar-refractivity contribution in [2.45, 2.75) is 45.6 Å². The molecule has 0 radical (unpaired) electrons. The van der Waals surface area contributed by atoms with E-state index < -0.39 is 0 Å². The van der Waals surface area contributed by atoms with Gasteiger partial charge in [-0.2, -0.15) is 0 Å². The van der Waals surface area contributed by atoms with Gasteiger partial charge in [-0.3, -0.25) is 0 Å². The van der Waals surface area contributed by atoms with Crippen LogP contribution in [0.3, 0.4) is 0 Å². The van der Waals surface area contributed by atoms with E-state index in [9.17, 15) is 0 Å². The Morgan fingerprint density at radius 1 is 1.46 bits per heavy atom. The number of hydrogen-bond donors (Lipinski definition) is 1. The molecule has 1 N–H and O–H groups in total. The fourth-order valence-corrected chi connectivity index (χ4v) is 1.54. The molecule has 0 saturated carbocycles. The molecule has 1 aliphatic heterocycles. The van der Waals surface area contributed by atoms with Crippen LogP contribution in [0.1, 0.15) is 39.5 Å². The van der Waals surface area contributed by atoms with Crippen LogP contribution in [-0.4, -0.2) is 24.9 Å². The van der Waals surface area contributed by atoms with Crippen LogP contribution in [0, 0.1) is 0 Å². The third kappa shape index (κ3) is 4.88. The largest absolute Gasteiger partial charge is 0.396 e. The maximum Gasteiger partial charge on any atom is 0.118 e. The summed E-state index contributed by atoms with van der Waals surface area (Å²) in [6, 6.07) is 0.654. The van der Waals surface area contributed by atoms with Gasteiger partial charge >= 0.3 is 0 Å². The fraction of sp³-hybridized carbons (Fsp3) is 0.900. The van der Waals surface area contributed by atoms with Crippen molar-refractivity contribution in [3.05, 3.63) is 0 Å². The molecular weight excluding hydrogens is 164 g/mol. The highest BCUT2D eigenvalue weighted by molar-refractivity contribution is 5.78. The minimum Gasteiger partial charge on any atom is -0.396 e. The number of nitrogens with zero attached hydrogens (tertiary/aromatic N) is 1. The Hall–Kier alpha value is -0.570. The number of hydrogen-bond acceptors (Lipinski definition) is 3. The SMILES string of the molecule is CC(C)=NOCCC1CCCCN1. The monoisotopic (exact) mass is 184 g/mol. The molecule has 1 rings (SSSR count).